The third-order valence-corrected chi connectivity index (χ3v) is 3.05. The highest BCUT2D eigenvalue weighted by Crippen LogP contribution is 2.08. The van der Waals surface area contributed by atoms with Crippen LogP contribution in [0.2, 0.25) is 0 Å². The van der Waals surface area contributed by atoms with Crippen molar-refractivity contribution in [1.29, 1.82) is 0 Å². The van der Waals surface area contributed by atoms with Crippen molar-refractivity contribution in [2.24, 2.45) is 5.92 Å². The number of nitrogens with zero attached hydrogens (tertiary/aromatic N) is 1. The standard InChI is InChI=1S/C12H23NO4.C2H6/c14-8-11(9-15)10-17-12(16)4-3-7-13-5-1-2-6-13;1-2/h11,14-15H,1-10H2;1-2H3. The van der Waals surface area contributed by atoms with Gasteiger partial charge in [-0.25, -0.2) is 0 Å². The smallest absolute Gasteiger partial charge is 0.305 e. The number of aliphatic hydroxyl groups is 2. The molecule has 0 aromatic heterocycles. The van der Waals surface area contributed by atoms with Gasteiger partial charge in [-0.3, -0.25) is 4.79 Å². The summed E-state index contributed by atoms with van der Waals surface area (Å²) in [6, 6.07) is 0. The highest BCUT2D eigenvalue weighted by Gasteiger charge is 2.13. The highest BCUT2D eigenvalue weighted by atomic mass is 16.5. The Hall–Kier alpha value is -0.650. The SMILES string of the molecule is CC.O=C(CCCN1CCCC1)OCC(CO)CO. The number of ether oxygens (including phenoxy) is 1. The summed E-state index contributed by atoms with van der Waals surface area (Å²) in [5.41, 5.74) is 0. The fourth-order valence-electron chi connectivity index (χ4n) is 1.90. The van der Waals surface area contributed by atoms with E-state index in [1.807, 2.05) is 13.8 Å². The van der Waals surface area contributed by atoms with Gasteiger partial charge in [-0.2, -0.15) is 0 Å². The van der Waals surface area contributed by atoms with Gasteiger partial charge >= 0.3 is 5.97 Å². The first-order valence-corrected chi connectivity index (χ1v) is 7.36. The van der Waals surface area contributed by atoms with Crippen LogP contribution in [0.15, 0.2) is 0 Å². The number of hydrogen-bond acceptors (Lipinski definition) is 5. The van der Waals surface area contributed by atoms with Crippen molar-refractivity contribution < 1.29 is 19.7 Å². The number of likely N-dealkylation sites (tertiary alicyclic amines) is 1. The van der Waals surface area contributed by atoms with Crippen molar-refractivity contribution in [3.8, 4) is 0 Å². The molecule has 114 valence electrons. The fourth-order valence-corrected chi connectivity index (χ4v) is 1.90. The molecule has 0 aliphatic carbocycles. The van der Waals surface area contributed by atoms with Crippen LogP contribution >= 0.6 is 0 Å². The zero-order chi connectivity index (χ0) is 14.5. The maximum Gasteiger partial charge on any atom is 0.305 e. The molecule has 0 aromatic carbocycles. The minimum atomic E-state index is -0.350. The Bertz CT molecular complexity index is 213. The summed E-state index contributed by atoms with van der Waals surface area (Å²) in [7, 11) is 0. The Morgan fingerprint density at radius 2 is 1.79 bits per heavy atom. The topological polar surface area (TPSA) is 70.0 Å². The van der Waals surface area contributed by atoms with Gasteiger partial charge in [-0.15, -0.1) is 0 Å². The summed E-state index contributed by atoms with van der Waals surface area (Å²) in [5.74, 6) is -0.589. The second kappa shape index (κ2) is 12.4. The van der Waals surface area contributed by atoms with E-state index in [1.165, 1.54) is 12.8 Å². The first-order valence-electron chi connectivity index (χ1n) is 7.36. The van der Waals surface area contributed by atoms with Crippen LogP contribution in [0.1, 0.15) is 39.5 Å². The molecule has 1 aliphatic heterocycles. The quantitative estimate of drug-likeness (QED) is 0.648. The summed E-state index contributed by atoms with van der Waals surface area (Å²) in [6.45, 7) is 7.04. The lowest BCUT2D eigenvalue weighted by Crippen LogP contribution is -2.23. The van der Waals surface area contributed by atoms with Gasteiger partial charge in [0.05, 0.1) is 19.8 Å². The van der Waals surface area contributed by atoms with E-state index in [0.717, 1.165) is 26.1 Å². The normalized spacial score (nSPS) is 15.2. The van der Waals surface area contributed by atoms with Crippen LogP contribution in [0.3, 0.4) is 0 Å². The molecule has 5 heteroatoms. The summed E-state index contributed by atoms with van der Waals surface area (Å²) in [5, 5.41) is 17.6. The van der Waals surface area contributed by atoms with E-state index in [4.69, 9.17) is 14.9 Å². The maximum absolute atomic E-state index is 11.3. The van der Waals surface area contributed by atoms with Gasteiger partial charge in [-0.05, 0) is 38.9 Å². The first-order chi connectivity index (χ1) is 9.26. The van der Waals surface area contributed by atoms with Gasteiger partial charge in [0, 0.05) is 12.3 Å². The number of aliphatic hydroxyl groups excluding tert-OH is 2. The Morgan fingerprint density at radius 1 is 1.21 bits per heavy atom. The number of esters is 1. The van der Waals surface area contributed by atoms with E-state index in [2.05, 4.69) is 4.90 Å². The van der Waals surface area contributed by atoms with Crippen molar-refractivity contribution in [2.45, 2.75) is 39.5 Å². The van der Waals surface area contributed by atoms with Crippen molar-refractivity contribution in [3.05, 3.63) is 0 Å². The summed E-state index contributed by atoms with van der Waals surface area (Å²) < 4.78 is 4.97. The lowest BCUT2D eigenvalue weighted by molar-refractivity contribution is -0.146. The van der Waals surface area contributed by atoms with Crippen LogP contribution in [0, 0.1) is 5.92 Å². The average molecular weight is 275 g/mol. The zero-order valence-electron chi connectivity index (χ0n) is 12.3. The average Bonchev–Trinajstić information content (AvgIpc) is 2.95. The minimum Gasteiger partial charge on any atom is -0.465 e. The van der Waals surface area contributed by atoms with Crippen molar-refractivity contribution >= 4 is 5.97 Å². The van der Waals surface area contributed by atoms with Crippen LogP contribution in [-0.4, -0.2) is 60.5 Å². The number of rotatable bonds is 8. The van der Waals surface area contributed by atoms with E-state index in [-0.39, 0.29) is 31.7 Å². The molecule has 0 saturated carbocycles. The Labute approximate surface area is 116 Å². The van der Waals surface area contributed by atoms with Gasteiger partial charge in [0.2, 0.25) is 0 Å². The Morgan fingerprint density at radius 3 is 2.32 bits per heavy atom. The Balaban J connectivity index is 0.00000154. The maximum atomic E-state index is 11.3. The van der Waals surface area contributed by atoms with Crippen LogP contribution in [0.4, 0.5) is 0 Å². The van der Waals surface area contributed by atoms with Crippen LogP contribution < -0.4 is 0 Å². The third-order valence-electron chi connectivity index (χ3n) is 3.05. The molecule has 0 amide bonds. The molecule has 1 rings (SSSR count). The van der Waals surface area contributed by atoms with Crippen molar-refractivity contribution in [1.82, 2.24) is 4.90 Å². The third kappa shape index (κ3) is 8.97. The largest absolute Gasteiger partial charge is 0.465 e. The number of hydrogen-bond donors (Lipinski definition) is 2. The molecule has 0 atom stereocenters. The molecule has 1 saturated heterocycles. The zero-order valence-corrected chi connectivity index (χ0v) is 12.3. The predicted octanol–water partition coefficient (Wildman–Crippen LogP) is 1.03. The molecule has 5 nitrogen and oxygen atoms in total. The second-order valence-corrected chi connectivity index (χ2v) is 4.57. The van der Waals surface area contributed by atoms with E-state index >= 15 is 0 Å². The first kappa shape index (κ1) is 18.4. The van der Waals surface area contributed by atoms with E-state index in [9.17, 15) is 4.79 Å². The highest BCUT2D eigenvalue weighted by molar-refractivity contribution is 5.69. The molecular weight excluding hydrogens is 246 g/mol. The van der Waals surface area contributed by atoms with Gasteiger partial charge in [0.25, 0.3) is 0 Å². The minimum absolute atomic E-state index is 0.107. The van der Waals surface area contributed by atoms with E-state index in [0.29, 0.717) is 6.42 Å². The summed E-state index contributed by atoms with van der Waals surface area (Å²) in [6.07, 6.45) is 3.76. The second-order valence-electron chi connectivity index (χ2n) is 4.57. The predicted molar refractivity (Wildman–Crippen MR) is 74.9 cm³/mol. The summed E-state index contributed by atoms with van der Waals surface area (Å²) >= 11 is 0. The lowest BCUT2D eigenvalue weighted by atomic mass is 10.2. The number of carbonyl (C=O) groups excluding carboxylic acids is 1. The molecule has 19 heavy (non-hydrogen) atoms. The van der Waals surface area contributed by atoms with Gasteiger partial charge in [0.1, 0.15) is 0 Å². The van der Waals surface area contributed by atoms with Crippen LogP contribution in [0.5, 0.6) is 0 Å². The molecule has 0 unspecified atom stereocenters. The monoisotopic (exact) mass is 275 g/mol. The molecule has 0 bridgehead atoms. The molecule has 0 radical (unpaired) electrons. The lowest BCUT2D eigenvalue weighted by Gasteiger charge is -2.14. The molecule has 2 N–H and O–H groups in total. The Kier molecular flexibility index (Phi) is 12.0. The van der Waals surface area contributed by atoms with E-state index in [1.54, 1.807) is 0 Å². The van der Waals surface area contributed by atoms with Crippen LogP contribution in [0.25, 0.3) is 0 Å². The van der Waals surface area contributed by atoms with Gasteiger partial charge < -0.3 is 19.8 Å². The molecular formula is C14H29NO4. The number of carbonyl (C=O) groups is 1. The molecule has 0 aromatic rings. The van der Waals surface area contributed by atoms with Crippen molar-refractivity contribution in [3.63, 3.8) is 0 Å². The van der Waals surface area contributed by atoms with Gasteiger partial charge in [0.15, 0.2) is 0 Å². The van der Waals surface area contributed by atoms with E-state index < -0.39 is 0 Å². The molecule has 1 heterocycles. The van der Waals surface area contributed by atoms with Crippen molar-refractivity contribution in [2.75, 3.05) is 39.5 Å². The summed E-state index contributed by atoms with van der Waals surface area (Å²) in [4.78, 5) is 13.7. The molecule has 1 aliphatic rings. The van der Waals surface area contributed by atoms with Gasteiger partial charge in [-0.1, -0.05) is 13.8 Å². The molecule has 1 fully saturated rings. The molecule has 0 spiro atoms. The van der Waals surface area contributed by atoms with Crippen LogP contribution in [-0.2, 0) is 9.53 Å². The fraction of sp³-hybridized carbons (Fsp3) is 0.929.